The van der Waals surface area contributed by atoms with Crippen molar-refractivity contribution in [1.29, 1.82) is 0 Å². The van der Waals surface area contributed by atoms with Crippen molar-refractivity contribution in [2.24, 2.45) is 0 Å². The van der Waals surface area contributed by atoms with Gasteiger partial charge in [0.1, 0.15) is 29.5 Å². The number of hydrogen-bond acceptors (Lipinski definition) is 6. The highest BCUT2D eigenvalue weighted by atomic mass is 32.2. The molecule has 0 atom stereocenters. The van der Waals surface area contributed by atoms with Gasteiger partial charge in [0, 0.05) is 17.3 Å². The Kier molecular flexibility index (Phi) is 6.04. The molecule has 1 fully saturated rings. The van der Waals surface area contributed by atoms with E-state index in [1.807, 2.05) is 67.6 Å². The molecule has 1 amide bonds. The lowest BCUT2D eigenvalue weighted by Crippen LogP contribution is -2.09. The average molecular weight is 469 g/mol. The van der Waals surface area contributed by atoms with Crippen molar-refractivity contribution < 1.29 is 18.7 Å². The van der Waals surface area contributed by atoms with Gasteiger partial charge in [-0.1, -0.05) is 48.2 Å². The zero-order valence-corrected chi connectivity index (χ0v) is 19.1. The number of thioether (sulfide) groups is 1. The van der Waals surface area contributed by atoms with Gasteiger partial charge in [0.2, 0.25) is 5.89 Å². The summed E-state index contributed by atoms with van der Waals surface area (Å²) in [6.45, 7) is 2.21. The topological polar surface area (TPSA) is 81.4 Å². The fourth-order valence-electron chi connectivity index (χ4n) is 3.59. The van der Waals surface area contributed by atoms with E-state index in [2.05, 4.69) is 22.1 Å². The SMILES string of the molecule is Cc1oc(-c2ccccc2)nc1COc1ccc2cc(CC=C=C3NC(=O)SC3=O)ccc2c1. The number of rotatable bonds is 6. The molecule has 0 spiro atoms. The molecule has 1 aliphatic rings. The van der Waals surface area contributed by atoms with Crippen LogP contribution in [0.1, 0.15) is 17.0 Å². The summed E-state index contributed by atoms with van der Waals surface area (Å²) in [5, 5.41) is 3.96. The van der Waals surface area contributed by atoms with E-state index in [0.717, 1.165) is 39.1 Å². The van der Waals surface area contributed by atoms with Gasteiger partial charge in [-0.25, -0.2) is 4.98 Å². The molecule has 0 saturated carbocycles. The van der Waals surface area contributed by atoms with Crippen LogP contribution in [-0.2, 0) is 17.8 Å². The van der Waals surface area contributed by atoms with Gasteiger partial charge in [-0.3, -0.25) is 9.59 Å². The van der Waals surface area contributed by atoms with Crippen LogP contribution in [0.15, 0.2) is 88.7 Å². The molecule has 5 rings (SSSR count). The molecule has 1 aromatic heterocycles. The smallest absolute Gasteiger partial charge is 0.292 e. The predicted octanol–water partition coefficient (Wildman–Crippen LogP) is 5.95. The van der Waals surface area contributed by atoms with Crippen molar-refractivity contribution in [3.63, 3.8) is 0 Å². The number of carbonyl (C=O) groups is 2. The van der Waals surface area contributed by atoms with Crippen LogP contribution in [0.3, 0.4) is 0 Å². The van der Waals surface area contributed by atoms with Crippen molar-refractivity contribution in [1.82, 2.24) is 10.3 Å². The van der Waals surface area contributed by atoms with Crippen molar-refractivity contribution in [2.75, 3.05) is 0 Å². The lowest BCUT2D eigenvalue weighted by atomic mass is 10.0. The summed E-state index contributed by atoms with van der Waals surface area (Å²) in [6, 6.07) is 21.9. The van der Waals surface area contributed by atoms with Gasteiger partial charge < -0.3 is 14.5 Å². The number of carbonyl (C=O) groups excluding carboxylic acids is 2. The van der Waals surface area contributed by atoms with E-state index < -0.39 is 0 Å². The highest BCUT2D eigenvalue weighted by Crippen LogP contribution is 2.25. The second kappa shape index (κ2) is 9.43. The first-order chi connectivity index (χ1) is 16.5. The quantitative estimate of drug-likeness (QED) is 0.278. The Morgan fingerprint density at radius 2 is 1.85 bits per heavy atom. The molecule has 6 nitrogen and oxygen atoms in total. The fourth-order valence-corrected chi connectivity index (χ4v) is 4.12. The summed E-state index contributed by atoms with van der Waals surface area (Å²) < 4.78 is 11.8. The van der Waals surface area contributed by atoms with Gasteiger partial charge in [-0.05, 0) is 60.0 Å². The van der Waals surface area contributed by atoms with Gasteiger partial charge in [0.25, 0.3) is 10.4 Å². The summed E-state index contributed by atoms with van der Waals surface area (Å²) >= 11 is 0.652. The molecular formula is C27H20N2O4S. The first-order valence-corrected chi connectivity index (χ1v) is 11.5. The summed E-state index contributed by atoms with van der Waals surface area (Å²) in [4.78, 5) is 27.4. The second-order valence-corrected chi connectivity index (χ2v) is 8.70. The molecule has 0 bridgehead atoms. The summed E-state index contributed by atoms with van der Waals surface area (Å²) in [5.41, 5.74) is 5.85. The normalized spacial score (nSPS) is 13.1. The number of ether oxygens (including phenoxy) is 1. The van der Waals surface area contributed by atoms with Crippen LogP contribution in [0, 0.1) is 6.92 Å². The Bertz CT molecular complexity index is 1470. The van der Waals surface area contributed by atoms with Crippen LogP contribution in [0.25, 0.3) is 22.2 Å². The summed E-state index contributed by atoms with van der Waals surface area (Å²) in [7, 11) is 0. The van der Waals surface area contributed by atoms with Gasteiger partial charge >= 0.3 is 0 Å². The standard InChI is InChI=1S/C27H20N2O4S/c1-17-24(28-25(33-17)19-7-3-2-4-8-19)16-32-22-13-12-20-14-18(10-11-21(20)15-22)6-5-9-23-26(30)34-27(31)29-23/h2-5,7-8,10-15H,6,16H2,1H3,(H,29,31). The number of benzene rings is 3. The molecule has 34 heavy (non-hydrogen) atoms. The largest absolute Gasteiger partial charge is 0.487 e. The molecule has 3 aromatic carbocycles. The molecule has 4 aromatic rings. The highest BCUT2D eigenvalue weighted by Gasteiger charge is 2.24. The van der Waals surface area contributed by atoms with Crippen LogP contribution in [0.5, 0.6) is 5.75 Å². The molecule has 1 aliphatic heterocycles. The maximum atomic E-state index is 11.6. The zero-order valence-electron chi connectivity index (χ0n) is 18.3. The molecule has 1 saturated heterocycles. The average Bonchev–Trinajstić information content (AvgIpc) is 3.38. The van der Waals surface area contributed by atoms with Gasteiger partial charge in [0.05, 0.1) is 0 Å². The van der Waals surface area contributed by atoms with Crippen molar-refractivity contribution in [3.8, 4) is 17.2 Å². The number of fused-ring (bicyclic) bond motifs is 1. The maximum absolute atomic E-state index is 11.6. The number of aromatic nitrogens is 1. The predicted molar refractivity (Wildman–Crippen MR) is 131 cm³/mol. The van der Waals surface area contributed by atoms with E-state index in [1.165, 1.54) is 0 Å². The van der Waals surface area contributed by atoms with Gasteiger partial charge in [-0.2, -0.15) is 0 Å². The Labute approximate surface area is 200 Å². The lowest BCUT2D eigenvalue weighted by molar-refractivity contribution is -0.107. The molecule has 7 heteroatoms. The third-order valence-electron chi connectivity index (χ3n) is 5.37. The van der Waals surface area contributed by atoms with E-state index in [-0.39, 0.29) is 16.1 Å². The minimum absolute atomic E-state index is 0.204. The first kappa shape index (κ1) is 21.8. The minimum Gasteiger partial charge on any atom is -0.487 e. The van der Waals surface area contributed by atoms with Crippen molar-refractivity contribution in [3.05, 3.63) is 101 Å². The maximum Gasteiger partial charge on any atom is 0.292 e. The van der Waals surface area contributed by atoms with E-state index in [9.17, 15) is 9.59 Å². The van der Waals surface area contributed by atoms with E-state index >= 15 is 0 Å². The number of nitrogens with zero attached hydrogens (tertiary/aromatic N) is 1. The van der Waals surface area contributed by atoms with Crippen LogP contribution in [-0.4, -0.2) is 15.3 Å². The zero-order chi connectivity index (χ0) is 23.5. The summed E-state index contributed by atoms with van der Waals surface area (Å²) in [6.07, 6.45) is 2.35. The number of aryl methyl sites for hydroxylation is 1. The third-order valence-corrected chi connectivity index (χ3v) is 6.04. The van der Waals surface area contributed by atoms with Crippen molar-refractivity contribution in [2.45, 2.75) is 20.0 Å². The van der Waals surface area contributed by atoms with E-state index in [4.69, 9.17) is 9.15 Å². The molecule has 0 unspecified atom stereocenters. The minimum atomic E-state index is -0.361. The molecule has 1 N–H and O–H groups in total. The second-order valence-electron chi connectivity index (χ2n) is 7.75. The Hall–Kier alpha value is -4.06. The van der Waals surface area contributed by atoms with Crippen molar-refractivity contribution >= 4 is 32.9 Å². The molecule has 168 valence electrons. The van der Waals surface area contributed by atoms with Crippen LogP contribution in [0.2, 0.25) is 0 Å². The number of nitrogens with one attached hydrogen (secondary N) is 1. The lowest BCUT2D eigenvalue weighted by Gasteiger charge is -2.07. The van der Waals surface area contributed by atoms with E-state index in [1.54, 1.807) is 6.08 Å². The fraction of sp³-hybridized carbons (Fsp3) is 0.111. The molecule has 0 aliphatic carbocycles. The molecular weight excluding hydrogens is 448 g/mol. The van der Waals surface area contributed by atoms with Crippen LogP contribution >= 0.6 is 11.8 Å². The number of hydrogen-bond donors (Lipinski definition) is 1. The van der Waals surface area contributed by atoms with Gasteiger partial charge in [-0.15, -0.1) is 0 Å². The third kappa shape index (κ3) is 4.81. The monoisotopic (exact) mass is 468 g/mol. The molecule has 2 heterocycles. The Balaban J connectivity index is 1.26. The number of amides is 1. The van der Waals surface area contributed by atoms with Crippen LogP contribution in [0.4, 0.5) is 4.79 Å². The Morgan fingerprint density at radius 1 is 1.06 bits per heavy atom. The molecule has 0 radical (unpaired) electrons. The highest BCUT2D eigenvalue weighted by molar-refractivity contribution is 8.27. The Morgan fingerprint density at radius 3 is 2.65 bits per heavy atom. The number of oxazole rings is 1. The summed E-state index contributed by atoms with van der Waals surface area (Å²) in [5.74, 6) is 2.08. The first-order valence-electron chi connectivity index (χ1n) is 10.7. The van der Waals surface area contributed by atoms with Gasteiger partial charge in [0.15, 0.2) is 0 Å². The van der Waals surface area contributed by atoms with E-state index in [0.29, 0.717) is 30.7 Å². The van der Waals surface area contributed by atoms with Crippen LogP contribution < -0.4 is 10.1 Å².